The third-order valence-corrected chi connectivity index (χ3v) is 7.80. The lowest BCUT2D eigenvalue weighted by molar-refractivity contribution is 0.0684. The Labute approximate surface area is 164 Å². The molecule has 0 radical (unpaired) electrons. The summed E-state index contributed by atoms with van der Waals surface area (Å²) in [5.41, 5.74) is 2.13. The average Bonchev–Trinajstić information content (AvgIpc) is 3.18. The van der Waals surface area contributed by atoms with Crippen molar-refractivity contribution in [2.75, 3.05) is 52.5 Å². The summed E-state index contributed by atoms with van der Waals surface area (Å²) in [4.78, 5) is 7.02. The summed E-state index contributed by atoms with van der Waals surface area (Å²) in [7, 11) is -3.37. The zero-order valence-electron chi connectivity index (χ0n) is 15.2. The highest BCUT2D eigenvalue weighted by atomic mass is 32.2. The van der Waals surface area contributed by atoms with Crippen LogP contribution in [0.1, 0.15) is 5.01 Å². The molecule has 2 saturated heterocycles. The summed E-state index contributed by atoms with van der Waals surface area (Å²) in [5, 5.41) is 3.16. The van der Waals surface area contributed by atoms with E-state index < -0.39 is 10.2 Å². The van der Waals surface area contributed by atoms with Crippen molar-refractivity contribution in [3.05, 3.63) is 40.7 Å². The Morgan fingerprint density at radius 1 is 0.963 bits per heavy atom. The molecule has 0 bridgehead atoms. The molecule has 1 aromatic carbocycles. The zero-order valence-corrected chi connectivity index (χ0v) is 16.8. The number of piperazine rings is 1. The molecule has 2 aliphatic heterocycles. The maximum Gasteiger partial charge on any atom is 0.282 e. The number of thiazole rings is 1. The van der Waals surface area contributed by atoms with Crippen molar-refractivity contribution < 1.29 is 13.2 Å². The molecular weight excluding hydrogens is 384 g/mol. The van der Waals surface area contributed by atoms with Gasteiger partial charge in [0.15, 0.2) is 0 Å². The number of ether oxygens (including phenoxy) is 1. The fourth-order valence-corrected chi connectivity index (χ4v) is 5.78. The number of rotatable bonds is 5. The number of hydrogen-bond donors (Lipinski definition) is 0. The highest BCUT2D eigenvalue weighted by Gasteiger charge is 2.33. The first kappa shape index (κ1) is 19.0. The van der Waals surface area contributed by atoms with Crippen LogP contribution in [0.2, 0.25) is 0 Å². The zero-order chi connectivity index (χ0) is 18.7. The van der Waals surface area contributed by atoms with Crippen LogP contribution < -0.4 is 0 Å². The van der Waals surface area contributed by atoms with Crippen LogP contribution in [0, 0.1) is 0 Å². The number of aromatic nitrogens is 1. The van der Waals surface area contributed by atoms with Gasteiger partial charge in [-0.15, -0.1) is 11.3 Å². The van der Waals surface area contributed by atoms with Crippen molar-refractivity contribution in [3.8, 4) is 11.3 Å². The standard InChI is InChI=1S/C18H24N4O3S2/c23-27(24,22-10-12-25-13-11-22)21-8-6-20(7-9-21)14-18-19-17(15-26-18)16-4-2-1-3-5-16/h1-5,15H,6-14H2. The van der Waals surface area contributed by atoms with Crippen LogP contribution in [0.4, 0.5) is 0 Å². The minimum absolute atomic E-state index is 0.448. The van der Waals surface area contributed by atoms with Crippen LogP contribution in [0.3, 0.4) is 0 Å². The first-order valence-electron chi connectivity index (χ1n) is 9.18. The number of benzene rings is 1. The second kappa shape index (κ2) is 8.34. The number of nitrogens with zero attached hydrogens (tertiary/aromatic N) is 4. The molecule has 0 unspecified atom stereocenters. The second-order valence-electron chi connectivity index (χ2n) is 6.69. The molecule has 3 heterocycles. The van der Waals surface area contributed by atoms with Crippen LogP contribution in [-0.4, -0.2) is 79.4 Å². The van der Waals surface area contributed by atoms with Gasteiger partial charge in [-0.05, 0) is 0 Å². The van der Waals surface area contributed by atoms with Crippen molar-refractivity contribution in [2.24, 2.45) is 0 Å². The van der Waals surface area contributed by atoms with Gasteiger partial charge in [-0.2, -0.15) is 17.0 Å². The molecule has 0 amide bonds. The lowest BCUT2D eigenvalue weighted by Gasteiger charge is -2.37. The summed E-state index contributed by atoms with van der Waals surface area (Å²) in [6.45, 7) is 5.12. The predicted molar refractivity (Wildman–Crippen MR) is 106 cm³/mol. The normalized spacial score (nSPS) is 20.7. The second-order valence-corrected chi connectivity index (χ2v) is 9.56. The highest BCUT2D eigenvalue weighted by molar-refractivity contribution is 7.86. The SMILES string of the molecule is O=S(=O)(N1CCOCC1)N1CCN(Cc2nc(-c3ccccc3)cs2)CC1. The lowest BCUT2D eigenvalue weighted by atomic mass is 10.2. The molecule has 2 aromatic rings. The van der Waals surface area contributed by atoms with Gasteiger partial charge in [0.2, 0.25) is 0 Å². The van der Waals surface area contributed by atoms with Gasteiger partial charge < -0.3 is 4.74 Å². The molecule has 146 valence electrons. The minimum Gasteiger partial charge on any atom is -0.379 e. The molecule has 0 aliphatic carbocycles. The topological polar surface area (TPSA) is 66.0 Å². The van der Waals surface area contributed by atoms with E-state index in [2.05, 4.69) is 22.4 Å². The summed E-state index contributed by atoms with van der Waals surface area (Å²) in [6.07, 6.45) is 0. The minimum atomic E-state index is -3.37. The van der Waals surface area contributed by atoms with Crippen LogP contribution in [-0.2, 0) is 21.5 Å². The van der Waals surface area contributed by atoms with Crippen molar-refractivity contribution in [1.82, 2.24) is 18.5 Å². The average molecular weight is 409 g/mol. The Balaban J connectivity index is 1.33. The quantitative estimate of drug-likeness (QED) is 0.750. The molecule has 2 aliphatic rings. The number of hydrogen-bond acceptors (Lipinski definition) is 6. The Morgan fingerprint density at radius 2 is 1.63 bits per heavy atom. The fraction of sp³-hybridized carbons (Fsp3) is 0.500. The number of morpholine rings is 1. The third-order valence-electron chi connectivity index (χ3n) is 4.93. The molecule has 9 heteroatoms. The predicted octanol–water partition coefficient (Wildman–Crippen LogP) is 1.50. The van der Waals surface area contributed by atoms with Gasteiger partial charge in [0.05, 0.1) is 25.5 Å². The molecule has 4 rings (SSSR count). The monoisotopic (exact) mass is 408 g/mol. The summed E-state index contributed by atoms with van der Waals surface area (Å²) in [6, 6.07) is 10.2. The Bertz CT molecular complexity index is 843. The molecule has 0 saturated carbocycles. The third kappa shape index (κ3) is 4.39. The van der Waals surface area contributed by atoms with Gasteiger partial charge >= 0.3 is 0 Å². The van der Waals surface area contributed by atoms with Crippen LogP contribution in [0.25, 0.3) is 11.3 Å². The molecule has 2 fully saturated rings. The van der Waals surface area contributed by atoms with Crippen molar-refractivity contribution >= 4 is 21.5 Å². The fourth-order valence-electron chi connectivity index (χ4n) is 3.38. The van der Waals surface area contributed by atoms with E-state index in [1.165, 1.54) is 0 Å². The van der Waals surface area contributed by atoms with E-state index >= 15 is 0 Å². The van der Waals surface area contributed by atoms with Gasteiger partial charge in [-0.25, -0.2) is 4.98 Å². The lowest BCUT2D eigenvalue weighted by Crippen LogP contribution is -2.54. The molecule has 1 aromatic heterocycles. The van der Waals surface area contributed by atoms with Crippen molar-refractivity contribution in [2.45, 2.75) is 6.54 Å². The Hall–Kier alpha value is -1.36. The Morgan fingerprint density at radius 3 is 2.33 bits per heavy atom. The van der Waals surface area contributed by atoms with Gasteiger partial charge in [-0.3, -0.25) is 4.90 Å². The van der Waals surface area contributed by atoms with E-state index in [0.29, 0.717) is 39.4 Å². The van der Waals surface area contributed by atoms with Gasteiger partial charge in [0, 0.05) is 50.2 Å². The van der Waals surface area contributed by atoms with E-state index in [1.54, 1.807) is 19.9 Å². The first-order chi connectivity index (χ1) is 13.1. The Kier molecular flexibility index (Phi) is 5.86. The van der Waals surface area contributed by atoms with Gasteiger partial charge in [0.1, 0.15) is 5.01 Å². The molecule has 27 heavy (non-hydrogen) atoms. The first-order valence-corrected chi connectivity index (χ1v) is 11.5. The van der Waals surface area contributed by atoms with E-state index in [-0.39, 0.29) is 0 Å². The van der Waals surface area contributed by atoms with Crippen LogP contribution in [0.5, 0.6) is 0 Å². The van der Waals surface area contributed by atoms with E-state index in [4.69, 9.17) is 9.72 Å². The largest absolute Gasteiger partial charge is 0.379 e. The molecule has 0 N–H and O–H groups in total. The van der Waals surface area contributed by atoms with Gasteiger partial charge in [-0.1, -0.05) is 30.3 Å². The highest BCUT2D eigenvalue weighted by Crippen LogP contribution is 2.23. The summed E-state index contributed by atoms with van der Waals surface area (Å²) >= 11 is 1.66. The molecular formula is C18H24N4O3S2. The smallest absolute Gasteiger partial charge is 0.282 e. The summed E-state index contributed by atoms with van der Waals surface area (Å²) in [5.74, 6) is 0. The van der Waals surface area contributed by atoms with Gasteiger partial charge in [0.25, 0.3) is 10.2 Å². The van der Waals surface area contributed by atoms with Crippen LogP contribution >= 0.6 is 11.3 Å². The van der Waals surface area contributed by atoms with Crippen LogP contribution in [0.15, 0.2) is 35.7 Å². The van der Waals surface area contributed by atoms with E-state index in [0.717, 1.165) is 35.9 Å². The van der Waals surface area contributed by atoms with Crippen molar-refractivity contribution in [3.63, 3.8) is 0 Å². The van der Waals surface area contributed by atoms with Crippen molar-refractivity contribution in [1.29, 1.82) is 0 Å². The maximum absolute atomic E-state index is 12.7. The summed E-state index contributed by atoms with van der Waals surface area (Å²) < 4.78 is 33.9. The van der Waals surface area contributed by atoms with E-state index in [9.17, 15) is 8.42 Å². The molecule has 0 spiro atoms. The van der Waals surface area contributed by atoms with E-state index in [1.807, 2.05) is 18.2 Å². The molecule has 7 nitrogen and oxygen atoms in total. The maximum atomic E-state index is 12.7. The molecule has 0 atom stereocenters.